The van der Waals surface area contributed by atoms with E-state index in [-0.39, 0.29) is 17.5 Å². The zero-order chi connectivity index (χ0) is 29.9. The average molecular weight is 583 g/mol. The quantitative estimate of drug-likeness (QED) is 0.243. The Morgan fingerprint density at radius 3 is 2.10 bits per heavy atom. The number of rotatable bonds is 14. The van der Waals surface area contributed by atoms with Crippen LogP contribution in [0.5, 0.6) is 11.5 Å². The zero-order valence-corrected chi connectivity index (χ0v) is 25.4. The Bertz CT molecular complexity index is 1320. The molecule has 0 saturated heterocycles. The van der Waals surface area contributed by atoms with E-state index in [0.717, 1.165) is 16.9 Å². The van der Waals surface area contributed by atoms with Gasteiger partial charge < -0.3 is 19.5 Å². The number of ether oxygens (including phenoxy) is 3. The molecule has 0 aliphatic heterocycles. The number of carbonyl (C=O) groups is 1. The second-order valence-electron chi connectivity index (χ2n) is 10.8. The number of nitrogens with zero attached hydrogens (tertiary/aromatic N) is 1. The van der Waals surface area contributed by atoms with E-state index in [9.17, 15) is 13.2 Å². The molecule has 0 unspecified atom stereocenters. The Kier molecular flexibility index (Phi) is 11.6. The van der Waals surface area contributed by atoms with Gasteiger partial charge >= 0.3 is 6.09 Å². The Morgan fingerprint density at radius 1 is 0.878 bits per heavy atom. The number of hydrogen-bond donors (Lipinski definition) is 1. The molecule has 8 nitrogen and oxygen atoms in total. The molecule has 0 fully saturated rings. The molecular formula is C32H42N2O6S. The van der Waals surface area contributed by atoms with Crippen LogP contribution in [0.1, 0.15) is 51.7 Å². The molecule has 0 radical (unpaired) electrons. The molecule has 0 aliphatic carbocycles. The summed E-state index contributed by atoms with van der Waals surface area (Å²) in [5, 5.41) is 2.96. The highest BCUT2D eigenvalue weighted by Gasteiger charge is 2.26. The van der Waals surface area contributed by atoms with Crippen LogP contribution in [0.3, 0.4) is 0 Å². The Balaban J connectivity index is 1.72. The third-order valence-corrected chi connectivity index (χ3v) is 8.18. The van der Waals surface area contributed by atoms with E-state index in [4.69, 9.17) is 14.2 Å². The van der Waals surface area contributed by atoms with Crippen molar-refractivity contribution in [1.29, 1.82) is 0 Å². The van der Waals surface area contributed by atoms with Gasteiger partial charge in [0.25, 0.3) is 0 Å². The first-order chi connectivity index (χ1) is 19.5. The summed E-state index contributed by atoms with van der Waals surface area (Å²) in [6.45, 7) is 8.43. The van der Waals surface area contributed by atoms with Gasteiger partial charge in [-0.3, -0.25) is 0 Å². The maximum atomic E-state index is 13.5. The average Bonchev–Trinajstić information content (AvgIpc) is 2.94. The highest BCUT2D eigenvalue weighted by Crippen LogP contribution is 2.21. The highest BCUT2D eigenvalue weighted by molar-refractivity contribution is 7.89. The first-order valence-electron chi connectivity index (χ1n) is 13.9. The van der Waals surface area contributed by atoms with Gasteiger partial charge in [-0.05, 0) is 87.6 Å². The van der Waals surface area contributed by atoms with E-state index in [1.54, 1.807) is 45.0 Å². The monoisotopic (exact) mass is 582 g/mol. The highest BCUT2D eigenvalue weighted by atomic mass is 32.2. The lowest BCUT2D eigenvalue weighted by Gasteiger charge is -2.27. The van der Waals surface area contributed by atoms with Gasteiger partial charge in [0.2, 0.25) is 10.0 Å². The third-order valence-electron chi connectivity index (χ3n) is 6.27. The lowest BCUT2D eigenvalue weighted by atomic mass is 10.0. The molecule has 0 aliphatic rings. The predicted octanol–water partition coefficient (Wildman–Crippen LogP) is 6.20. The number of nitrogens with one attached hydrogen (secondary N) is 1. The molecular weight excluding hydrogens is 540 g/mol. The van der Waals surface area contributed by atoms with Crippen molar-refractivity contribution in [3.05, 3.63) is 90.0 Å². The minimum atomic E-state index is -3.73. The van der Waals surface area contributed by atoms with Crippen LogP contribution < -0.4 is 14.8 Å². The fourth-order valence-corrected chi connectivity index (χ4v) is 5.79. The second kappa shape index (κ2) is 14.9. The molecule has 222 valence electrons. The lowest BCUT2D eigenvalue weighted by molar-refractivity contribution is 0.0500. The summed E-state index contributed by atoms with van der Waals surface area (Å²) in [5.41, 5.74) is 1.41. The largest absolute Gasteiger partial charge is 0.497 e. The van der Waals surface area contributed by atoms with E-state index >= 15 is 0 Å². The molecule has 0 saturated carbocycles. The molecule has 0 spiro atoms. The van der Waals surface area contributed by atoms with Gasteiger partial charge in [0.05, 0.1) is 12.0 Å². The molecule has 0 heterocycles. The first-order valence-corrected chi connectivity index (χ1v) is 15.3. The Morgan fingerprint density at radius 2 is 1.51 bits per heavy atom. The number of hydrogen-bond acceptors (Lipinski definition) is 6. The van der Waals surface area contributed by atoms with Crippen LogP contribution in [0.4, 0.5) is 4.79 Å². The molecule has 3 aromatic carbocycles. The van der Waals surface area contributed by atoms with Gasteiger partial charge in [0.15, 0.2) is 0 Å². The normalized spacial score (nSPS) is 12.5. The van der Waals surface area contributed by atoms with Crippen molar-refractivity contribution >= 4 is 16.1 Å². The first kappa shape index (κ1) is 32.0. The molecule has 9 heteroatoms. The summed E-state index contributed by atoms with van der Waals surface area (Å²) < 4.78 is 45.0. The van der Waals surface area contributed by atoms with Crippen LogP contribution >= 0.6 is 0 Å². The summed E-state index contributed by atoms with van der Waals surface area (Å²) in [7, 11) is -2.19. The van der Waals surface area contributed by atoms with Crippen molar-refractivity contribution in [1.82, 2.24) is 9.62 Å². The number of amides is 1. The number of methoxy groups -OCH3 is 1. The van der Waals surface area contributed by atoms with Gasteiger partial charge in [-0.2, -0.15) is 4.31 Å². The molecule has 3 aromatic rings. The topological polar surface area (TPSA) is 94.2 Å². The minimum Gasteiger partial charge on any atom is -0.497 e. The van der Waals surface area contributed by atoms with Crippen LogP contribution in [-0.4, -0.2) is 50.7 Å². The van der Waals surface area contributed by atoms with E-state index < -0.39 is 21.7 Å². The van der Waals surface area contributed by atoms with E-state index in [1.807, 2.05) is 61.5 Å². The van der Waals surface area contributed by atoms with Crippen molar-refractivity contribution < 1.29 is 27.4 Å². The molecule has 3 rings (SSSR count). The maximum absolute atomic E-state index is 13.5. The van der Waals surface area contributed by atoms with Crippen LogP contribution in [-0.2, 0) is 27.8 Å². The van der Waals surface area contributed by atoms with Crippen molar-refractivity contribution in [2.45, 2.75) is 70.1 Å². The molecule has 1 atom stereocenters. The Hall–Kier alpha value is -3.56. The molecule has 1 N–H and O–H groups in total. The van der Waals surface area contributed by atoms with Gasteiger partial charge in [-0.1, -0.05) is 49.4 Å². The smallest absolute Gasteiger partial charge is 0.407 e. The number of benzene rings is 3. The fourth-order valence-electron chi connectivity index (χ4n) is 4.24. The molecule has 0 aromatic heterocycles. The van der Waals surface area contributed by atoms with E-state index in [2.05, 4.69) is 5.32 Å². The summed E-state index contributed by atoms with van der Waals surface area (Å²) in [5.74, 6) is 1.33. The summed E-state index contributed by atoms with van der Waals surface area (Å²) in [6, 6.07) is 23.7. The SMILES string of the molecule is CCCN(CC[C@H](Cc1ccc(OCc2ccccc2)cc1)NC(=O)OC(C)(C)C)S(=O)(=O)c1ccc(OC)cc1. The maximum Gasteiger partial charge on any atom is 0.407 e. The molecule has 41 heavy (non-hydrogen) atoms. The van der Waals surface area contributed by atoms with Crippen molar-refractivity contribution in [3.63, 3.8) is 0 Å². The van der Waals surface area contributed by atoms with Crippen LogP contribution in [0.15, 0.2) is 83.8 Å². The standard InChI is InChI=1S/C32H42N2O6S/c1-6-21-34(41(36,37)30-18-16-28(38-5)17-19-30)22-20-27(33-31(35)40-32(2,3)4)23-25-12-14-29(15-13-25)39-24-26-10-8-7-9-11-26/h7-19,27H,6,20-24H2,1-5H3,(H,33,35)/t27-/m1/s1. The number of carbonyl (C=O) groups excluding carboxylic acids is 1. The van der Waals surface area contributed by atoms with Crippen LogP contribution in [0.2, 0.25) is 0 Å². The second-order valence-corrected chi connectivity index (χ2v) is 12.8. The van der Waals surface area contributed by atoms with Crippen molar-refractivity contribution in [2.75, 3.05) is 20.2 Å². The van der Waals surface area contributed by atoms with Gasteiger partial charge in [-0.25, -0.2) is 13.2 Å². The van der Waals surface area contributed by atoms with Crippen LogP contribution in [0, 0.1) is 0 Å². The fraction of sp³-hybridized carbons (Fsp3) is 0.406. The van der Waals surface area contributed by atoms with E-state index in [0.29, 0.717) is 38.2 Å². The van der Waals surface area contributed by atoms with Gasteiger partial charge in [0.1, 0.15) is 23.7 Å². The summed E-state index contributed by atoms with van der Waals surface area (Å²) >= 11 is 0. The Labute approximate surface area is 244 Å². The third kappa shape index (κ3) is 10.4. The predicted molar refractivity (Wildman–Crippen MR) is 161 cm³/mol. The van der Waals surface area contributed by atoms with Gasteiger partial charge in [-0.15, -0.1) is 0 Å². The zero-order valence-electron chi connectivity index (χ0n) is 24.6. The van der Waals surface area contributed by atoms with Gasteiger partial charge in [0, 0.05) is 19.1 Å². The van der Waals surface area contributed by atoms with Crippen molar-refractivity contribution in [2.24, 2.45) is 0 Å². The van der Waals surface area contributed by atoms with Crippen molar-refractivity contribution in [3.8, 4) is 11.5 Å². The summed E-state index contributed by atoms with van der Waals surface area (Å²) in [4.78, 5) is 12.9. The van der Waals surface area contributed by atoms with Crippen LogP contribution in [0.25, 0.3) is 0 Å². The number of alkyl carbamates (subject to hydrolysis) is 1. The molecule has 1 amide bonds. The lowest BCUT2D eigenvalue weighted by Crippen LogP contribution is -2.43. The number of sulfonamides is 1. The summed E-state index contributed by atoms with van der Waals surface area (Å²) in [6.07, 6.45) is 1.02. The molecule has 0 bridgehead atoms. The van der Waals surface area contributed by atoms with E-state index in [1.165, 1.54) is 11.4 Å². The minimum absolute atomic E-state index is 0.203.